The average Bonchev–Trinajstić information content (AvgIpc) is 2.94. The van der Waals surface area contributed by atoms with Crippen LogP contribution in [-0.2, 0) is 10.0 Å². The Morgan fingerprint density at radius 3 is 2.79 bits per heavy atom. The Labute approximate surface area is 114 Å². The Balaban J connectivity index is 2.29. The maximum Gasteiger partial charge on any atom is 0.246 e. The predicted molar refractivity (Wildman–Crippen MR) is 73.3 cm³/mol. The number of aromatic nitrogens is 2. The number of hydrogen-bond donors (Lipinski definition) is 2. The van der Waals surface area contributed by atoms with Crippen LogP contribution in [0, 0.1) is 13.8 Å². The highest BCUT2D eigenvalue weighted by atomic mass is 32.2. The molecule has 0 radical (unpaired) electrons. The minimum Gasteiger partial charge on any atom is -0.330 e. The smallest absolute Gasteiger partial charge is 0.246 e. The van der Waals surface area contributed by atoms with E-state index in [1.54, 1.807) is 18.2 Å². The molecule has 0 amide bonds. The van der Waals surface area contributed by atoms with Crippen LogP contribution in [0.2, 0.25) is 0 Å². The first-order valence-corrected chi connectivity index (χ1v) is 8.16. The Hall–Kier alpha value is -0.920. The largest absolute Gasteiger partial charge is 0.330 e. The van der Waals surface area contributed by atoms with Crippen molar-refractivity contribution in [2.24, 2.45) is 5.73 Å². The van der Waals surface area contributed by atoms with Gasteiger partial charge in [-0.1, -0.05) is 0 Å². The maximum absolute atomic E-state index is 12.7. The van der Waals surface area contributed by atoms with E-state index < -0.39 is 10.0 Å². The molecule has 1 aliphatic heterocycles. The summed E-state index contributed by atoms with van der Waals surface area (Å²) in [6.45, 7) is 4.68. The van der Waals surface area contributed by atoms with Gasteiger partial charge in [-0.2, -0.15) is 9.40 Å². The third-order valence-corrected chi connectivity index (χ3v) is 5.91. The lowest BCUT2D eigenvalue weighted by atomic mass is 10.1. The highest BCUT2D eigenvalue weighted by molar-refractivity contribution is 7.89. The lowest BCUT2D eigenvalue weighted by molar-refractivity contribution is 0.365. The highest BCUT2D eigenvalue weighted by Crippen LogP contribution is 2.30. The highest BCUT2D eigenvalue weighted by Gasteiger charge is 2.37. The summed E-state index contributed by atoms with van der Waals surface area (Å²) in [5.74, 6) is 0. The van der Waals surface area contributed by atoms with E-state index in [-0.39, 0.29) is 6.04 Å². The van der Waals surface area contributed by atoms with Gasteiger partial charge in [-0.15, -0.1) is 0 Å². The number of nitrogens with one attached hydrogen (secondary N) is 1. The molecule has 1 atom stereocenters. The van der Waals surface area contributed by atoms with E-state index in [4.69, 9.17) is 5.73 Å². The van der Waals surface area contributed by atoms with Crippen molar-refractivity contribution in [1.29, 1.82) is 0 Å². The fourth-order valence-corrected chi connectivity index (χ4v) is 4.86. The molecule has 0 aromatic carbocycles. The van der Waals surface area contributed by atoms with Gasteiger partial charge in [-0.25, -0.2) is 8.42 Å². The summed E-state index contributed by atoms with van der Waals surface area (Å²) in [4.78, 5) is 0.340. The molecule has 1 aromatic rings. The minimum absolute atomic E-state index is 0.0854. The summed E-state index contributed by atoms with van der Waals surface area (Å²) in [5.41, 5.74) is 6.68. The second-order valence-electron chi connectivity index (χ2n) is 5.11. The van der Waals surface area contributed by atoms with Crippen molar-refractivity contribution < 1.29 is 8.42 Å². The van der Waals surface area contributed by atoms with Crippen molar-refractivity contribution in [3.8, 4) is 0 Å². The van der Waals surface area contributed by atoms with Crippen molar-refractivity contribution in [2.45, 2.75) is 50.5 Å². The Bertz CT molecular complexity index is 518. The molecule has 1 unspecified atom stereocenters. The summed E-state index contributed by atoms with van der Waals surface area (Å²) in [6.07, 6.45) is 3.55. The van der Waals surface area contributed by atoms with Crippen LogP contribution in [0.1, 0.15) is 37.1 Å². The maximum atomic E-state index is 12.7. The number of aryl methyl sites for hydroxylation is 2. The zero-order valence-electron chi connectivity index (χ0n) is 11.5. The first kappa shape index (κ1) is 14.5. The molecular weight excluding hydrogens is 264 g/mol. The molecule has 0 saturated carbocycles. The van der Waals surface area contributed by atoms with Gasteiger partial charge in [-0.05, 0) is 46.1 Å². The van der Waals surface area contributed by atoms with E-state index in [0.717, 1.165) is 25.7 Å². The van der Waals surface area contributed by atoms with Crippen molar-refractivity contribution in [1.82, 2.24) is 14.5 Å². The summed E-state index contributed by atoms with van der Waals surface area (Å²) in [5, 5.41) is 6.74. The third-order valence-electron chi connectivity index (χ3n) is 3.69. The van der Waals surface area contributed by atoms with Gasteiger partial charge < -0.3 is 5.73 Å². The van der Waals surface area contributed by atoms with Crippen LogP contribution >= 0.6 is 0 Å². The summed E-state index contributed by atoms with van der Waals surface area (Å²) >= 11 is 0. The Morgan fingerprint density at radius 1 is 1.47 bits per heavy atom. The standard InChI is InChI=1S/C12H22N4O2S/c1-9-12(10(2)15-14-9)19(17,18)16-8-4-6-11(16)5-3-7-13/h11H,3-8,13H2,1-2H3,(H,14,15). The number of H-pyrrole nitrogens is 1. The first-order chi connectivity index (χ1) is 8.98. The number of aromatic amines is 1. The molecule has 7 heteroatoms. The second-order valence-corrected chi connectivity index (χ2v) is 6.93. The molecule has 108 valence electrons. The third kappa shape index (κ3) is 2.68. The molecular formula is C12H22N4O2S. The number of rotatable bonds is 5. The molecule has 19 heavy (non-hydrogen) atoms. The monoisotopic (exact) mass is 286 g/mol. The summed E-state index contributed by atoms with van der Waals surface area (Å²) in [7, 11) is -3.44. The quantitative estimate of drug-likeness (QED) is 0.842. The predicted octanol–water partition coefficient (Wildman–Crippen LogP) is 0.919. The van der Waals surface area contributed by atoms with Gasteiger partial charge in [0.15, 0.2) is 0 Å². The van der Waals surface area contributed by atoms with Crippen LogP contribution in [0.5, 0.6) is 0 Å². The van der Waals surface area contributed by atoms with E-state index in [1.807, 2.05) is 0 Å². The number of hydrogen-bond acceptors (Lipinski definition) is 4. The zero-order valence-corrected chi connectivity index (χ0v) is 12.3. The molecule has 0 spiro atoms. The Morgan fingerprint density at radius 2 is 2.21 bits per heavy atom. The Kier molecular flexibility index (Phi) is 4.27. The zero-order chi connectivity index (χ0) is 14.0. The first-order valence-electron chi connectivity index (χ1n) is 6.72. The lowest BCUT2D eigenvalue weighted by Gasteiger charge is -2.24. The molecule has 3 N–H and O–H groups in total. The fraction of sp³-hybridized carbons (Fsp3) is 0.750. The van der Waals surface area contributed by atoms with E-state index in [1.165, 1.54) is 0 Å². The minimum atomic E-state index is -3.44. The SMILES string of the molecule is Cc1n[nH]c(C)c1S(=O)(=O)N1CCCC1CCCN. The second kappa shape index (κ2) is 5.60. The molecule has 6 nitrogen and oxygen atoms in total. The van der Waals surface area contributed by atoms with Crippen LogP contribution in [0.4, 0.5) is 0 Å². The van der Waals surface area contributed by atoms with Crippen LogP contribution in [0.15, 0.2) is 4.90 Å². The van der Waals surface area contributed by atoms with Gasteiger partial charge in [0.25, 0.3) is 0 Å². The molecule has 1 fully saturated rings. The van der Waals surface area contributed by atoms with E-state index >= 15 is 0 Å². The van der Waals surface area contributed by atoms with E-state index in [9.17, 15) is 8.42 Å². The van der Waals surface area contributed by atoms with Crippen LogP contribution in [0.25, 0.3) is 0 Å². The van der Waals surface area contributed by atoms with Crippen LogP contribution in [-0.4, -0.2) is 42.1 Å². The number of sulfonamides is 1. The number of nitrogens with two attached hydrogens (primary N) is 1. The van der Waals surface area contributed by atoms with Crippen molar-refractivity contribution >= 4 is 10.0 Å². The molecule has 1 saturated heterocycles. The van der Waals surface area contributed by atoms with Crippen LogP contribution < -0.4 is 5.73 Å². The normalized spacial score (nSPS) is 21.1. The van der Waals surface area contributed by atoms with Crippen LogP contribution in [0.3, 0.4) is 0 Å². The van der Waals surface area contributed by atoms with Crippen molar-refractivity contribution in [3.05, 3.63) is 11.4 Å². The topological polar surface area (TPSA) is 92.1 Å². The summed E-state index contributed by atoms with van der Waals surface area (Å²) < 4.78 is 27.1. The molecule has 2 heterocycles. The fourth-order valence-electron chi connectivity index (χ4n) is 2.81. The van der Waals surface area contributed by atoms with Gasteiger partial charge in [0.2, 0.25) is 10.0 Å². The van der Waals surface area contributed by atoms with E-state index in [0.29, 0.717) is 29.4 Å². The van der Waals surface area contributed by atoms with E-state index in [2.05, 4.69) is 10.2 Å². The molecule has 1 aromatic heterocycles. The van der Waals surface area contributed by atoms with Gasteiger partial charge >= 0.3 is 0 Å². The summed E-state index contributed by atoms with van der Waals surface area (Å²) in [6, 6.07) is 0.0854. The van der Waals surface area contributed by atoms with Gasteiger partial charge in [0.05, 0.1) is 11.4 Å². The van der Waals surface area contributed by atoms with Gasteiger partial charge in [0.1, 0.15) is 4.90 Å². The molecule has 1 aliphatic rings. The van der Waals surface area contributed by atoms with Gasteiger partial charge in [0, 0.05) is 12.6 Å². The molecule has 0 bridgehead atoms. The molecule has 2 rings (SSSR count). The molecule has 0 aliphatic carbocycles. The average molecular weight is 286 g/mol. The lowest BCUT2D eigenvalue weighted by Crippen LogP contribution is -2.36. The van der Waals surface area contributed by atoms with Crippen molar-refractivity contribution in [2.75, 3.05) is 13.1 Å². The van der Waals surface area contributed by atoms with Crippen molar-refractivity contribution in [3.63, 3.8) is 0 Å². The number of nitrogens with zero attached hydrogens (tertiary/aromatic N) is 2. The van der Waals surface area contributed by atoms with Gasteiger partial charge in [-0.3, -0.25) is 5.10 Å².